The van der Waals surface area contributed by atoms with Crippen LogP contribution in [0.15, 0.2) is 0 Å². The average molecular weight is 491 g/mol. The number of hydrogen-bond donors (Lipinski definition) is 2. The Hall–Kier alpha value is -2.20. The molecule has 34 heavy (non-hydrogen) atoms. The van der Waals surface area contributed by atoms with Gasteiger partial charge in [0.25, 0.3) is 0 Å². The van der Waals surface area contributed by atoms with Crippen molar-refractivity contribution in [2.75, 3.05) is 0 Å². The normalized spacial score (nSPS) is 14.1. The standard InChI is InChI=1S/2C12H23NO4/c2*1-11(2,3)16-9(14)7-8(13)10(15)17-12(4,5)6/h2*8H,7,13H2,1-6H3/t2*8-/m00/s1. The molecule has 0 rings (SSSR count). The topological polar surface area (TPSA) is 157 Å². The summed E-state index contributed by atoms with van der Waals surface area (Å²) in [6, 6.07) is -1.96. The van der Waals surface area contributed by atoms with Crippen molar-refractivity contribution >= 4 is 23.9 Å². The summed E-state index contributed by atoms with van der Waals surface area (Å²) in [5.41, 5.74) is 8.76. The molecule has 0 aliphatic carbocycles. The van der Waals surface area contributed by atoms with Gasteiger partial charge in [-0.15, -0.1) is 0 Å². The number of rotatable bonds is 6. The first-order valence-electron chi connectivity index (χ1n) is 11.2. The van der Waals surface area contributed by atoms with Crippen molar-refractivity contribution in [3.05, 3.63) is 0 Å². The molecule has 0 aromatic carbocycles. The predicted molar refractivity (Wildman–Crippen MR) is 129 cm³/mol. The van der Waals surface area contributed by atoms with Crippen LogP contribution in [-0.4, -0.2) is 58.4 Å². The van der Waals surface area contributed by atoms with E-state index in [2.05, 4.69) is 0 Å². The molecule has 0 aromatic rings. The minimum Gasteiger partial charge on any atom is -0.460 e. The summed E-state index contributed by atoms with van der Waals surface area (Å²) in [5, 5.41) is 0. The first-order chi connectivity index (χ1) is 14.8. The van der Waals surface area contributed by atoms with Gasteiger partial charge in [-0.1, -0.05) is 0 Å². The number of esters is 4. The van der Waals surface area contributed by atoms with Crippen LogP contribution in [0.2, 0.25) is 0 Å². The molecule has 0 amide bonds. The molecule has 0 saturated carbocycles. The third kappa shape index (κ3) is 21.6. The largest absolute Gasteiger partial charge is 0.460 e. The second-order valence-corrected chi connectivity index (χ2v) is 11.9. The van der Waals surface area contributed by atoms with Crippen LogP contribution in [0.5, 0.6) is 0 Å². The molecule has 200 valence electrons. The molecule has 0 bridgehead atoms. The number of ether oxygens (including phenoxy) is 4. The molecule has 0 aliphatic heterocycles. The quantitative estimate of drug-likeness (QED) is 0.419. The molecule has 0 fully saturated rings. The monoisotopic (exact) mass is 490 g/mol. The van der Waals surface area contributed by atoms with Gasteiger partial charge in [0.05, 0.1) is 12.8 Å². The van der Waals surface area contributed by atoms with Gasteiger partial charge in [-0.3, -0.25) is 19.2 Å². The van der Waals surface area contributed by atoms with E-state index in [4.69, 9.17) is 30.4 Å². The van der Waals surface area contributed by atoms with Crippen molar-refractivity contribution in [3.8, 4) is 0 Å². The Balaban J connectivity index is 0. The molecule has 0 aliphatic rings. The van der Waals surface area contributed by atoms with Gasteiger partial charge in [0.1, 0.15) is 34.5 Å². The van der Waals surface area contributed by atoms with E-state index in [0.29, 0.717) is 0 Å². The lowest BCUT2D eigenvalue weighted by Crippen LogP contribution is -2.40. The summed E-state index contributed by atoms with van der Waals surface area (Å²) in [4.78, 5) is 45.9. The van der Waals surface area contributed by atoms with Gasteiger partial charge in [0.15, 0.2) is 0 Å². The molecule has 0 saturated heterocycles. The van der Waals surface area contributed by atoms with Gasteiger partial charge in [-0.2, -0.15) is 0 Å². The van der Waals surface area contributed by atoms with Crippen molar-refractivity contribution in [3.63, 3.8) is 0 Å². The Morgan fingerprint density at radius 2 is 0.706 bits per heavy atom. The SMILES string of the molecule is CC(C)(C)OC(=O)C[C@H](N)C(=O)OC(C)(C)C.CC(C)(C)OC(=O)C[C@H](N)C(=O)OC(C)(C)C. The second kappa shape index (κ2) is 13.0. The zero-order chi connectivity index (χ0) is 27.7. The number of hydrogen-bond acceptors (Lipinski definition) is 10. The summed E-state index contributed by atoms with van der Waals surface area (Å²) < 4.78 is 20.2. The average Bonchev–Trinajstić information content (AvgIpc) is 2.47. The third-order valence-electron chi connectivity index (χ3n) is 3.03. The molecule has 0 aromatic heterocycles. The van der Waals surface area contributed by atoms with E-state index in [-0.39, 0.29) is 12.8 Å². The lowest BCUT2D eigenvalue weighted by atomic mass is 10.1. The van der Waals surface area contributed by atoms with Crippen LogP contribution in [0, 0.1) is 0 Å². The van der Waals surface area contributed by atoms with Gasteiger partial charge < -0.3 is 30.4 Å². The van der Waals surface area contributed by atoms with Crippen molar-refractivity contribution in [1.29, 1.82) is 0 Å². The molecular weight excluding hydrogens is 444 g/mol. The molecule has 10 nitrogen and oxygen atoms in total. The summed E-state index contributed by atoms with van der Waals surface area (Å²) in [6.07, 6.45) is -0.349. The van der Waals surface area contributed by atoms with Gasteiger partial charge in [-0.25, -0.2) is 0 Å². The van der Waals surface area contributed by atoms with Gasteiger partial charge >= 0.3 is 23.9 Å². The molecule has 0 unspecified atom stereocenters. The number of carbonyl (C=O) groups is 4. The maximum absolute atomic E-state index is 11.5. The maximum atomic E-state index is 11.5. The highest BCUT2D eigenvalue weighted by Crippen LogP contribution is 2.13. The van der Waals surface area contributed by atoms with E-state index in [1.54, 1.807) is 83.1 Å². The van der Waals surface area contributed by atoms with E-state index in [1.165, 1.54) is 0 Å². The first kappa shape index (κ1) is 34.0. The van der Waals surface area contributed by atoms with Gasteiger partial charge in [-0.05, 0) is 83.1 Å². The lowest BCUT2D eigenvalue weighted by Gasteiger charge is -2.23. The Labute approximate surface area is 204 Å². The molecule has 10 heteroatoms. The Kier molecular flexibility index (Phi) is 13.0. The van der Waals surface area contributed by atoms with E-state index >= 15 is 0 Å². The minimum atomic E-state index is -0.982. The van der Waals surface area contributed by atoms with Gasteiger partial charge in [0, 0.05) is 0 Å². The van der Waals surface area contributed by atoms with Crippen molar-refractivity contribution in [2.24, 2.45) is 11.5 Å². The fraction of sp³-hybridized carbons (Fsp3) is 0.833. The zero-order valence-corrected chi connectivity index (χ0v) is 23.0. The summed E-state index contributed by atoms with van der Waals surface area (Å²) in [6.45, 7) is 21.0. The maximum Gasteiger partial charge on any atom is 0.324 e. The molecule has 0 radical (unpaired) electrons. The Bertz CT molecular complexity index is 632. The predicted octanol–water partition coefficient (Wildman–Crippen LogP) is 2.77. The lowest BCUT2D eigenvalue weighted by molar-refractivity contribution is -0.163. The zero-order valence-electron chi connectivity index (χ0n) is 23.0. The summed E-state index contributed by atoms with van der Waals surface area (Å²) in [7, 11) is 0. The fourth-order valence-corrected chi connectivity index (χ4v) is 2.05. The first-order valence-corrected chi connectivity index (χ1v) is 11.2. The highest BCUT2D eigenvalue weighted by atomic mass is 16.6. The second-order valence-electron chi connectivity index (χ2n) is 11.9. The Morgan fingerprint density at radius 1 is 0.500 bits per heavy atom. The van der Waals surface area contributed by atoms with Crippen LogP contribution in [0.25, 0.3) is 0 Å². The number of nitrogens with two attached hydrogens (primary N) is 2. The van der Waals surface area contributed by atoms with Crippen LogP contribution in [0.1, 0.15) is 95.9 Å². The summed E-state index contributed by atoms with van der Waals surface area (Å²) in [5.74, 6) is -2.20. The molecule has 2 atom stereocenters. The summed E-state index contributed by atoms with van der Waals surface area (Å²) >= 11 is 0. The smallest absolute Gasteiger partial charge is 0.324 e. The van der Waals surface area contributed by atoms with Crippen molar-refractivity contribution in [1.82, 2.24) is 0 Å². The van der Waals surface area contributed by atoms with Crippen LogP contribution >= 0.6 is 0 Å². The van der Waals surface area contributed by atoms with E-state index in [1.807, 2.05) is 0 Å². The molecule has 0 spiro atoms. The van der Waals surface area contributed by atoms with E-state index in [9.17, 15) is 19.2 Å². The third-order valence-corrected chi connectivity index (χ3v) is 3.03. The van der Waals surface area contributed by atoms with Crippen molar-refractivity contribution < 1.29 is 38.1 Å². The number of carbonyl (C=O) groups excluding carboxylic acids is 4. The fourth-order valence-electron chi connectivity index (χ4n) is 2.05. The highest BCUT2D eigenvalue weighted by Gasteiger charge is 2.27. The van der Waals surface area contributed by atoms with Crippen molar-refractivity contribution in [2.45, 2.75) is 130 Å². The molecule has 0 heterocycles. The molecule has 4 N–H and O–H groups in total. The highest BCUT2D eigenvalue weighted by molar-refractivity contribution is 5.83. The van der Waals surface area contributed by atoms with E-state index < -0.39 is 58.4 Å². The van der Waals surface area contributed by atoms with Crippen LogP contribution in [-0.2, 0) is 38.1 Å². The minimum absolute atomic E-state index is 0.174. The van der Waals surface area contributed by atoms with E-state index in [0.717, 1.165) is 0 Å². The Morgan fingerprint density at radius 3 is 0.882 bits per heavy atom. The van der Waals surface area contributed by atoms with Crippen LogP contribution in [0.3, 0.4) is 0 Å². The molecular formula is C24H46N2O8. The van der Waals surface area contributed by atoms with Crippen LogP contribution in [0.4, 0.5) is 0 Å². The van der Waals surface area contributed by atoms with Crippen LogP contribution < -0.4 is 11.5 Å². The van der Waals surface area contributed by atoms with Gasteiger partial charge in [0.2, 0.25) is 0 Å².